The molecule has 0 spiro atoms. The van der Waals surface area contributed by atoms with E-state index < -0.39 is 0 Å². The standard InChI is InChI=1S/C6H4BClN2/c7-2-1-5-3-9-6(8)10-4-5/h1-4H/b2-1+. The van der Waals surface area contributed by atoms with Crippen molar-refractivity contribution in [2.75, 3.05) is 0 Å². The van der Waals surface area contributed by atoms with E-state index in [2.05, 4.69) is 9.97 Å². The highest BCUT2D eigenvalue weighted by atomic mass is 35.5. The molecule has 10 heavy (non-hydrogen) atoms. The second-order valence-corrected chi connectivity index (χ2v) is 1.98. The largest absolute Gasteiger partial charge is 0.226 e. The lowest BCUT2D eigenvalue weighted by atomic mass is 10.1. The van der Waals surface area contributed by atoms with Gasteiger partial charge in [-0.1, -0.05) is 6.08 Å². The Bertz CT molecular complexity index is 232. The van der Waals surface area contributed by atoms with Gasteiger partial charge in [0, 0.05) is 18.0 Å². The van der Waals surface area contributed by atoms with Crippen LogP contribution in [0.4, 0.5) is 0 Å². The molecule has 1 heterocycles. The molecule has 0 bridgehead atoms. The Morgan fingerprint density at radius 1 is 1.40 bits per heavy atom. The minimum Gasteiger partial charge on any atom is -0.226 e. The van der Waals surface area contributed by atoms with E-state index in [4.69, 9.17) is 19.4 Å². The van der Waals surface area contributed by atoms with Crippen LogP contribution in [0.5, 0.6) is 0 Å². The molecule has 0 N–H and O–H groups in total. The average molecular weight is 150 g/mol. The summed E-state index contributed by atoms with van der Waals surface area (Å²) in [5.74, 6) is 1.42. The van der Waals surface area contributed by atoms with Crippen molar-refractivity contribution in [3.63, 3.8) is 0 Å². The van der Waals surface area contributed by atoms with Crippen LogP contribution in [0, 0.1) is 0 Å². The van der Waals surface area contributed by atoms with E-state index in [1.54, 1.807) is 18.5 Å². The molecule has 1 aromatic rings. The molecule has 0 aliphatic heterocycles. The van der Waals surface area contributed by atoms with Crippen LogP contribution in [0.2, 0.25) is 5.28 Å². The van der Waals surface area contributed by atoms with Gasteiger partial charge in [-0.25, -0.2) is 9.97 Å². The lowest BCUT2D eigenvalue weighted by Gasteiger charge is -1.89. The number of aromatic nitrogens is 2. The summed E-state index contributed by atoms with van der Waals surface area (Å²) in [7, 11) is 5.13. The number of hydrogen-bond acceptors (Lipinski definition) is 2. The zero-order chi connectivity index (χ0) is 7.40. The van der Waals surface area contributed by atoms with E-state index in [-0.39, 0.29) is 5.28 Å². The van der Waals surface area contributed by atoms with E-state index >= 15 is 0 Å². The van der Waals surface area contributed by atoms with Gasteiger partial charge in [-0.05, 0) is 11.6 Å². The van der Waals surface area contributed by atoms with Gasteiger partial charge in [0.25, 0.3) is 0 Å². The Kier molecular flexibility index (Phi) is 2.45. The Morgan fingerprint density at radius 3 is 2.50 bits per heavy atom. The quantitative estimate of drug-likeness (QED) is 0.445. The van der Waals surface area contributed by atoms with Crippen molar-refractivity contribution >= 4 is 25.5 Å². The molecular weight excluding hydrogens is 146 g/mol. The van der Waals surface area contributed by atoms with Gasteiger partial charge < -0.3 is 0 Å². The zero-order valence-corrected chi connectivity index (χ0v) is 5.92. The van der Waals surface area contributed by atoms with E-state index in [0.29, 0.717) is 0 Å². The number of nitrogens with zero attached hydrogens (tertiary/aromatic N) is 2. The van der Waals surface area contributed by atoms with Gasteiger partial charge in [-0.15, -0.1) is 5.98 Å². The zero-order valence-electron chi connectivity index (χ0n) is 5.16. The van der Waals surface area contributed by atoms with Crippen molar-refractivity contribution < 1.29 is 0 Å². The highest BCUT2D eigenvalue weighted by Gasteiger charge is 1.87. The molecule has 0 saturated carbocycles. The summed E-state index contributed by atoms with van der Waals surface area (Å²) in [6.07, 6.45) is 4.88. The van der Waals surface area contributed by atoms with Crippen LogP contribution in [0.15, 0.2) is 18.4 Å². The molecule has 48 valence electrons. The molecule has 4 heteroatoms. The summed E-state index contributed by atoms with van der Waals surface area (Å²) in [4.78, 5) is 7.49. The monoisotopic (exact) mass is 150 g/mol. The minimum absolute atomic E-state index is 0.245. The molecule has 2 nitrogen and oxygen atoms in total. The second kappa shape index (κ2) is 3.37. The lowest BCUT2D eigenvalue weighted by Crippen LogP contribution is -1.81. The smallest absolute Gasteiger partial charge is 0.222 e. The van der Waals surface area contributed by atoms with E-state index in [9.17, 15) is 0 Å². The molecule has 2 radical (unpaired) electrons. The van der Waals surface area contributed by atoms with Crippen LogP contribution >= 0.6 is 11.6 Å². The summed E-state index contributed by atoms with van der Waals surface area (Å²) in [6.45, 7) is 0. The third kappa shape index (κ3) is 1.85. The van der Waals surface area contributed by atoms with Gasteiger partial charge in [0.2, 0.25) is 5.28 Å². The Labute approximate surface area is 65.4 Å². The van der Waals surface area contributed by atoms with Gasteiger partial charge >= 0.3 is 0 Å². The van der Waals surface area contributed by atoms with Crippen LogP contribution in [0.3, 0.4) is 0 Å². The fourth-order valence-corrected chi connectivity index (χ4v) is 0.617. The molecule has 1 aromatic heterocycles. The van der Waals surface area contributed by atoms with Crippen molar-refractivity contribution in [2.45, 2.75) is 0 Å². The topological polar surface area (TPSA) is 25.8 Å². The predicted octanol–water partition coefficient (Wildman–Crippen LogP) is 1.27. The number of rotatable bonds is 1. The normalized spacial score (nSPS) is 10.5. The van der Waals surface area contributed by atoms with Gasteiger partial charge in [-0.2, -0.15) is 0 Å². The SMILES string of the molecule is [B]/C=C/c1cnc(Cl)nc1. The molecule has 0 fully saturated rings. The first kappa shape index (κ1) is 7.28. The van der Waals surface area contributed by atoms with Crippen molar-refractivity contribution in [3.05, 3.63) is 29.2 Å². The van der Waals surface area contributed by atoms with Crippen LogP contribution in [-0.2, 0) is 0 Å². The summed E-state index contributed by atoms with van der Waals surface area (Å²) in [6, 6.07) is 0. The summed E-state index contributed by atoms with van der Waals surface area (Å²) in [5, 5.41) is 0.245. The lowest BCUT2D eigenvalue weighted by molar-refractivity contribution is 1.16. The Balaban J connectivity index is 2.89. The first-order valence-electron chi connectivity index (χ1n) is 2.69. The molecule has 0 unspecified atom stereocenters. The van der Waals surface area contributed by atoms with Crippen LogP contribution < -0.4 is 0 Å². The number of halogens is 1. The molecular formula is C6H4BClN2. The molecule has 0 aromatic carbocycles. The average Bonchev–Trinajstić information content (AvgIpc) is 1.95. The van der Waals surface area contributed by atoms with Crippen molar-refractivity contribution in [3.8, 4) is 0 Å². The van der Waals surface area contributed by atoms with Crippen LogP contribution in [0.1, 0.15) is 5.56 Å². The van der Waals surface area contributed by atoms with Crippen molar-refractivity contribution in [1.82, 2.24) is 9.97 Å². The molecule has 0 saturated heterocycles. The maximum absolute atomic E-state index is 5.43. The Morgan fingerprint density at radius 2 is 2.00 bits per heavy atom. The fourth-order valence-electron chi connectivity index (χ4n) is 0.519. The van der Waals surface area contributed by atoms with E-state index in [0.717, 1.165) is 5.56 Å². The Hall–Kier alpha value is -0.825. The summed E-state index contributed by atoms with van der Waals surface area (Å²) < 4.78 is 0. The maximum atomic E-state index is 5.43. The van der Waals surface area contributed by atoms with E-state index in [1.165, 1.54) is 5.98 Å². The van der Waals surface area contributed by atoms with Crippen LogP contribution in [0.25, 0.3) is 6.08 Å². The molecule has 0 aliphatic rings. The minimum atomic E-state index is 0.245. The highest BCUT2D eigenvalue weighted by Crippen LogP contribution is 2.01. The van der Waals surface area contributed by atoms with Gasteiger partial charge in [0.05, 0.1) is 0 Å². The summed E-state index contributed by atoms with van der Waals surface area (Å²) in [5.41, 5.74) is 0.840. The fraction of sp³-hybridized carbons (Fsp3) is 0. The predicted molar refractivity (Wildman–Crippen MR) is 41.8 cm³/mol. The second-order valence-electron chi connectivity index (χ2n) is 1.64. The third-order valence-electron chi connectivity index (χ3n) is 0.929. The van der Waals surface area contributed by atoms with Gasteiger partial charge in [0.15, 0.2) is 0 Å². The molecule has 1 rings (SSSR count). The molecule has 0 atom stereocenters. The number of hydrogen-bond donors (Lipinski definition) is 0. The maximum Gasteiger partial charge on any atom is 0.222 e. The third-order valence-corrected chi connectivity index (χ3v) is 1.12. The van der Waals surface area contributed by atoms with Crippen molar-refractivity contribution in [2.24, 2.45) is 0 Å². The first-order chi connectivity index (χ1) is 4.83. The highest BCUT2D eigenvalue weighted by molar-refractivity contribution is 6.28. The van der Waals surface area contributed by atoms with E-state index in [1.807, 2.05) is 0 Å². The first-order valence-corrected chi connectivity index (χ1v) is 3.06. The summed E-state index contributed by atoms with van der Waals surface area (Å²) >= 11 is 5.43. The van der Waals surface area contributed by atoms with Crippen molar-refractivity contribution in [1.29, 1.82) is 0 Å². The van der Waals surface area contributed by atoms with Crippen LogP contribution in [-0.4, -0.2) is 17.8 Å². The van der Waals surface area contributed by atoms with Gasteiger partial charge in [-0.3, -0.25) is 0 Å². The van der Waals surface area contributed by atoms with Gasteiger partial charge in [0.1, 0.15) is 7.85 Å². The molecule has 0 amide bonds. The molecule has 0 aliphatic carbocycles.